The molecule has 6 nitrogen and oxygen atoms in total. The van der Waals surface area contributed by atoms with Gasteiger partial charge < -0.3 is 15.0 Å². The van der Waals surface area contributed by atoms with Gasteiger partial charge in [0.15, 0.2) is 0 Å². The van der Waals surface area contributed by atoms with Crippen molar-refractivity contribution in [2.75, 3.05) is 47.5 Å². The number of thioether (sulfide) groups is 1. The van der Waals surface area contributed by atoms with Crippen molar-refractivity contribution in [3.8, 4) is 0 Å². The van der Waals surface area contributed by atoms with Gasteiger partial charge in [0.2, 0.25) is 5.91 Å². The van der Waals surface area contributed by atoms with Gasteiger partial charge in [0.1, 0.15) is 11.9 Å². The minimum atomic E-state index is -0.509. The number of ether oxygens (including phenoxy) is 1. The van der Waals surface area contributed by atoms with E-state index >= 15 is 0 Å². The molecule has 2 amide bonds. The summed E-state index contributed by atoms with van der Waals surface area (Å²) < 4.78 is 20.1. The molecule has 1 aromatic rings. The van der Waals surface area contributed by atoms with Crippen molar-refractivity contribution in [3.63, 3.8) is 0 Å². The smallest absolute Gasteiger partial charge is 0.414 e. The van der Waals surface area contributed by atoms with E-state index in [1.54, 1.807) is 12.1 Å². The van der Waals surface area contributed by atoms with Crippen molar-refractivity contribution in [1.82, 2.24) is 5.32 Å². The zero-order chi connectivity index (χ0) is 19.9. The molecule has 0 aliphatic carbocycles. The summed E-state index contributed by atoms with van der Waals surface area (Å²) in [4.78, 5) is 27.3. The number of hydrogen-bond donors (Lipinski definition) is 1. The van der Waals surface area contributed by atoms with Gasteiger partial charge in [-0.05, 0) is 49.0 Å². The van der Waals surface area contributed by atoms with E-state index in [0.29, 0.717) is 24.3 Å². The molecule has 0 bridgehead atoms. The van der Waals surface area contributed by atoms with Crippen LogP contribution >= 0.6 is 11.8 Å². The number of rotatable bonds is 6. The third-order valence-electron chi connectivity index (χ3n) is 4.90. The molecule has 1 aromatic carbocycles. The molecule has 8 heteroatoms. The molecule has 0 unspecified atom stereocenters. The van der Waals surface area contributed by atoms with E-state index in [2.05, 4.69) is 10.2 Å². The van der Waals surface area contributed by atoms with Crippen LogP contribution in [0.1, 0.15) is 32.6 Å². The molecule has 0 spiro atoms. The van der Waals surface area contributed by atoms with Crippen LogP contribution < -0.4 is 15.1 Å². The van der Waals surface area contributed by atoms with E-state index in [1.807, 2.05) is 18.7 Å². The van der Waals surface area contributed by atoms with E-state index in [0.717, 1.165) is 43.9 Å². The Morgan fingerprint density at radius 3 is 2.75 bits per heavy atom. The highest BCUT2D eigenvalue weighted by Gasteiger charge is 2.33. The van der Waals surface area contributed by atoms with Crippen LogP contribution in [0.3, 0.4) is 0 Å². The highest BCUT2D eigenvalue weighted by molar-refractivity contribution is 7.99. The Kier molecular flexibility index (Phi) is 7.42. The van der Waals surface area contributed by atoms with E-state index in [1.165, 1.54) is 11.0 Å². The van der Waals surface area contributed by atoms with Gasteiger partial charge in [0.05, 0.1) is 24.5 Å². The molecule has 154 valence electrons. The lowest BCUT2D eigenvalue weighted by Gasteiger charge is -2.27. The number of anilines is 2. The van der Waals surface area contributed by atoms with Gasteiger partial charge in [-0.2, -0.15) is 11.8 Å². The average molecular weight is 410 g/mol. The molecular formula is C20H28FN3O3S. The predicted octanol–water partition coefficient (Wildman–Crippen LogP) is 3.40. The van der Waals surface area contributed by atoms with Gasteiger partial charge in [-0.15, -0.1) is 0 Å². The van der Waals surface area contributed by atoms with Crippen LogP contribution in [0.5, 0.6) is 0 Å². The van der Waals surface area contributed by atoms with Crippen LogP contribution in [0.4, 0.5) is 20.6 Å². The minimum absolute atomic E-state index is 0.0564. The van der Waals surface area contributed by atoms with E-state index < -0.39 is 12.2 Å². The van der Waals surface area contributed by atoms with Crippen molar-refractivity contribution >= 4 is 35.1 Å². The Morgan fingerprint density at radius 1 is 1.32 bits per heavy atom. The van der Waals surface area contributed by atoms with Gasteiger partial charge in [0.25, 0.3) is 0 Å². The number of carbonyl (C=O) groups excluding carboxylic acids is 2. The lowest BCUT2D eigenvalue weighted by atomic mass is 10.2. The molecule has 0 radical (unpaired) electrons. The van der Waals surface area contributed by atoms with Crippen LogP contribution in [0, 0.1) is 5.82 Å². The van der Waals surface area contributed by atoms with E-state index in [9.17, 15) is 14.0 Å². The second-order valence-electron chi connectivity index (χ2n) is 7.11. The van der Waals surface area contributed by atoms with Crippen molar-refractivity contribution in [2.24, 2.45) is 0 Å². The number of benzene rings is 1. The van der Waals surface area contributed by atoms with Crippen molar-refractivity contribution < 1.29 is 18.7 Å². The Hall–Kier alpha value is -1.96. The van der Waals surface area contributed by atoms with Crippen molar-refractivity contribution in [3.05, 3.63) is 24.0 Å². The second kappa shape index (κ2) is 10.0. The fourth-order valence-corrected chi connectivity index (χ4v) is 4.34. The van der Waals surface area contributed by atoms with Crippen molar-refractivity contribution in [2.45, 2.75) is 38.7 Å². The predicted molar refractivity (Wildman–Crippen MR) is 111 cm³/mol. The number of hydrogen-bond acceptors (Lipinski definition) is 5. The summed E-state index contributed by atoms with van der Waals surface area (Å²) in [6, 6.07) is 4.93. The molecule has 2 aliphatic heterocycles. The monoisotopic (exact) mass is 409 g/mol. The summed E-state index contributed by atoms with van der Waals surface area (Å²) >= 11 is 1.95. The fourth-order valence-electron chi connectivity index (χ4n) is 3.47. The maximum Gasteiger partial charge on any atom is 0.414 e. The third kappa shape index (κ3) is 5.31. The zero-order valence-corrected chi connectivity index (χ0v) is 17.1. The molecule has 2 fully saturated rings. The van der Waals surface area contributed by atoms with Crippen LogP contribution in [0.15, 0.2) is 18.2 Å². The maximum atomic E-state index is 14.8. The lowest BCUT2D eigenvalue weighted by molar-refractivity contribution is -0.121. The van der Waals surface area contributed by atoms with E-state index in [4.69, 9.17) is 4.74 Å². The maximum absolute atomic E-state index is 14.8. The van der Waals surface area contributed by atoms with Gasteiger partial charge in [-0.3, -0.25) is 9.69 Å². The molecule has 2 heterocycles. The van der Waals surface area contributed by atoms with Gasteiger partial charge >= 0.3 is 6.09 Å². The fraction of sp³-hybridized carbons (Fsp3) is 0.600. The highest BCUT2D eigenvalue weighted by Crippen LogP contribution is 2.29. The minimum Gasteiger partial charge on any atom is -0.442 e. The molecular weight excluding hydrogens is 381 g/mol. The van der Waals surface area contributed by atoms with Crippen LogP contribution in [-0.2, 0) is 9.53 Å². The quantitative estimate of drug-likeness (QED) is 0.780. The first-order valence-corrected chi connectivity index (χ1v) is 11.1. The first-order valence-electron chi connectivity index (χ1n) is 9.95. The topological polar surface area (TPSA) is 61.9 Å². The summed E-state index contributed by atoms with van der Waals surface area (Å²) in [6.07, 6.45) is 2.36. The summed E-state index contributed by atoms with van der Waals surface area (Å²) in [5.41, 5.74) is 1.07. The largest absolute Gasteiger partial charge is 0.442 e. The summed E-state index contributed by atoms with van der Waals surface area (Å²) in [6.45, 7) is 4.18. The van der Waals surface area contributed by atoms with Crippen LogP contribution in [-0.4, -0.2) is 55.8 Å². The number of cyclic esters (lactones) is 1. The Labute approximate surface area is 169 Å². The first-order chi connectivity index (χ1) is 13.6. The van der Waals surface area contributed by atoms with Gasteiger partial charge in [-0.1, -0.05) is 6.92 Å². The molecule has 2 saturated heterocycles. The molecule has 3 rings (SSSR count). The Morgan fingerprint density at radius 2 is 2.07 bits per heavy atom. The van der Waals surface area contributed by atoms with Gasteiger partial charge in [-0.25, -0.2) is 9.18 Å². The number of carbonyl (C=O) groups is 2. The van der Waals surface area contributed by atoms with Gasteiger partial charge in [0, 0.05) is 19.5 Å². The molecule has 1 atom stereocenters. The SMILES string of the molecule is CCCC(=O)NC[C@H]1CN(c2ccc(N3CCCSCCC3)c(F)c2)C(=O)O1. The summed E-state index contributed by atoms with van der Waals surface area (Å²) in [5, 5.41) is 2.77. The molecule has 1 N–H and O–H groups in total. The third-order valence-corrected chi connectivity index (χ3v) is 6.05. The molecule has 0 aromatic heterocycles. The summed E-state index contributed by atoms with van der Waals surface area (Å²) in [5.74, 6) is 1.83. The Balaban J connectivity index is 1.62. The second-order valence-corrected chi connectivity index (χ2v) is 8.34. The number of nitrogens with zero attached hydrogens (tertiary/aromatic N) is 2. The molecule has 2 aliphatic rings. The number of nitrogens with one attached hydrogen (secondary N) is 1. The normalized spacial score (nSPS) is 20.5. The molecule has 0 saturated carbocycles. The highest BCUT2D eigenvalue weighted by atomic mass is 32.2. The van der Waals surface area contributed by atoms with Crippen LogP contribution in [0.2, 0.25) is 0 Å². The van der Waals surface area contributed by atoms with Crippen molar-refractivity contribution in [1.29, 1.82) is 0 Å². The standard InChI is InChI=1S/C20H28FN3O3S/c1-2-5-19(25)22-13-16-14-24(20(26)27-16)15-6-7-18(17(21)12-15)23-8-3-10-28-11-4-9-23/h6-7,12,16H,2-5,8-11,13-14H2,1H3,(H,22,25)/t16-/m0/s1. The first kappa shape index (κ1) is 20.8. The van der Waals surface area contributed by atoms with E-state index in [-0.39, 0.29) is 18.3 Å². The number of halogens is 1. The average Bonchev–Trinajstić information content (AvgIpc) is 3.01. The summed E-state index contributed by atoms with van der Waals surface area (Å²) in [7, 11) is 0. The van der Waals surface area contributed by atoms with Crippen LogP contribution in [0.25, 0.3) is 0 Å². The Bertz CT molecular complexity index is 695. The number of amides is 2. The molecule has 28 heavy (non-hydrogen) atoms. The lowest BCUT2D eigenvalue weighted by Crippen LogP contribution is -2.34. The zero-order valence-electron chi connectivity index (χ0n) is 16.3.